The minimum absolute atomic E-state index is 0.00524. The van der Waals surface area contributed by atoms with Gasteiger partial charge in [0.05, 0.1) is 12.4 Å². The predicted molar refractivity (Wildman–Crippen MR) is 74.9 cm³/mol. The molecule has 0 aliphatic rings. The van der Waals surface area contributed by atoms with E-state index in [2.05, 4.69) is 4.72 Å². The monoisotopic (exact) mass is 319 g/mol. The number of ether oxygens (including phenoxy) is 1. The van der Waals surface area contributed by atoms with Crippen molar-refractivity contribution in [2.75, 3.05) is 19.0 Å². The number of hydrogen-bond acceptors (Lipinski definition) is 4. The summed E-state index contributed by atoms with van der Waals surface area (Å²) in [5.74, 6) is -2.05. The van der Waals surface area contributed by atoms with Crippen molar-refractivity contribution in [2.45, 2.75) is 19.4 Å². The van der Waals surface area contributed by atoms with E-state index in [9.17, 15) is 17.6 Å². The lowest BCUT2D eigenvalue weighted by atomic mass is 10.1. The molecule has 0 aliphatic carbocycles. The average Bonchev–Trinajstić information content (AvgIpc) is 2.40. The largest absolute Gasteiger partial charge is 0.480 e. The Hall–Kier alpha value is -1.51. The summed E-state index contributed by atoms with van der Waals surface area (Å²) in [4.78, 5) is 11.1. The number of benzene rings is 1. The van der Waals surface area contributed by atoms with Gasteiger partial charge in [-0.2, -0.15) is 0 Å². The Morgan fingerprint density at radius 3 is 2.52 bits per heavy atom. The Bertz CT molecular complexity index is 558. The summed E-state index contributed by atoms with van der Waals surface area (Å²) < 4.78 is 43.3. The van der Waals surface area contributed by atoms with Crippen LogP contribution in [0.25, 0.3) is 0 Å². The molecule has 1 aromatic rings. The second kappa shape index (κ2) is 8.06. The lowest BCUT2D eigenvalue weighted by Crippen LogP contribution is -2.43. The molecule has 1 aromatic carbocycles. The first kappa shape index (κ1) is 17.5. The molecule has 21 heavy (non-hydrogen) atoms. The minimum Gasteiger partial charge on any atom is -0.480 e. The maximum Gasteiger partial charge on any atom is 0.322 e. The van der Waals surface area contributed by atoms with Crippen molar-refractivity contribution >= 4 is 16.0 Å². The van der Waals surface area contributed by atoms with Crippen LogP contribution >= 0.6 is 0 Å². The predicted octanol–water partition coefficient (Wildman–Crippen LogP) is 0.777. The average molecular weight is 319 g/mol. The highest BCUT2D eigenvalue weighted by Gasteiger charge is 2.24. The summed E-state index contributed by atoms with van der Waals surface area (Å²) >= 11 is 0. The Morgan fingerprint density at radius 1 is 1.38 bits per heavy atom. The number of hydrogen-bond donors (Lipinski definition) is 2. The maximum absolute atomic E-state index is 12.8. The van der Waals surface area contributed by atoms with Gasteiger partial charge in [-0.05, 0) is 31.0 Å². The van der Waals surface area contributed by atoms with Gasteiger partial charge in [0.25, 0.3) is 0 Å². The second-order valence-corrected chi connectivity index (χ2v) is 6.23. The van der Waals surface area contributed by atoms with Crippen LogP contribution in [0.2, 0.25) is 0 Å². The number of sulfonamides is 1. The van der Waals surface area contributed by atoms with E-state index in [0.29, 0.717) is 12.2 Å². The van der Waals surface area contributed by atoms with Crippen molar-refractivity contribution in [3.8, 4) is 0 Å². The molecule has 0 aromatic heterocycles. The number of halogens is 1. The number of nitrogens with one attached hydrogen (secondary N) is 1. The van der Waals surface area contributed by atoms with E-state index in [1.54, 1.807) is 6.92 Å². The first-order valence-electron chi connectivity index (χ1n) is 6.39. The third kappa shape index (κ3) is 6.65. The van der Waals surface area contributed by atoms with Gasteiger partial charge in [-0.15, -0.1) is 0 Å². The third-order valence-corrected chi connectivity index (χ3v) is 4.02. The minimum atomic E-state index is -3.76. The fourth-order valence-electron chi connectivity index (χ4n) is 1.62. The number of carboxylic acid groups (broad SMARTS) is 1. The highest BCUT2D eigenvalue weighted by atomic mass is 32.2. The van der Waals surface area contributed by atoms with Crippen LogP contribution in [0, 0.1) is 5.82 Å². The molecule has 0 amide bonds. The summed E-state index contributed by atoms with van der Waals surface area (Å²) in [7, 11) is -3.76. The van der Waals surface area contributed by atoms with Crippen LogP contribution in [0.15, 0.2) is 24.3 Å². The zero-order valence-corrected chi connectivity index (χ0v) is 12.4. The van der Waals surface area contributed by atoms with Crippen LogP contribution in [0.5, 0.6) is 0 Å². The van der Waals surface area contributed by atoms with Gasteiger partial charge in [-0.1, -0.05) is 12.1 Å². The molecule has 1 rings (SSSR count). The van der Waals surface area contributed by atoms with Crippen LogP contribution in [0.1, 0.15) is 12.5 Å². The summed E-state index contributed by atoms with van der Waals surface area (Å²) in [5, 5.41) is 9.09. The van der Waals surface area contributed by atoms with Gasteiger partial charge in [0.2, 0.25) is 10.0 Å². The Labute approximate surface area is 123 Å². The van der Waals surface area contributed by atoms with Gasteiger partial charge >= 0.3 is 5.97 Å². The van der Waals surface area contributed by atoms with Crippen molar-refractivity contribution in [3.63, 3.8) is 0 Å². The SMILES string of the molecule is CCOCCS(=O)(=O)N[C@@H](Cc1ccc(F)cc1)C(=O)O. The molecule has 0 spiro atoms. The van der Waals surface area contributed by atoms with Gasteiger partial charge in [0.15, 0.2) is 0 Å². The molecule has 1 atom stereocenters. The Balaban J connectivity index is 2.69. The van der Waals surface area contributed by atoms with Gasteiger partial charge in [-0.25, -0.2) is 17.5 Å². The van der Waals surface area contributed by atoms with Crippen molar-refractivity contribution < 1.29 is 27.4 Å². The van der Waals surface area contributed by atoms with Crippen LogP contribution in [0.4, 0.5) is 4.39 Å². The van der Waals surface area contributed by atoms with Crippen molar-refractivity contribution in [2.24, 2.45) is 0 Å². The molecule has 0 radical (unpaired) electrons. The van der Waals surface area contributed by atoms with E-state index < -0.39 is 27.9 Å². The van der Waals surface area contributed by atoms with Crippen LogP contribution < -0.4 is 4.72 Å². The molecule has 118 valence electrons. The van der Waals surface area contributed by atoms with Crippen molar-refractivity contribution in [3.05, 3.63) is 35.6 Å². The van der Waals surface area contributed by atoms with Gasteiger partial charge < -0.3 is 9.84 Å². The molecular formula is C13H18FNO5S. The molecule has 0 heterocycles. The lowest BCUT2D eigenvalue weighted by Gasteiger charge is -2.15. The molecule has 8 heteroatoms. The van der Waals surface area contributed by atoms with Gasteiger partial charge in [0.1, 0.15) is 11.9 Å². The number of carbonyl (C=O) groups is 1. The van der Waals surface area contributed by atoms with E-state index in [4.69, 9.17) is 9.84 Å². The zero-order chi connectivity index (χ0) is 15.9. The summed E-state index contributed by atoms with van der Waals surface area (Å²) in [6.07, 6.45) is -0.0660. The molecule has 0 aliphatic heterocycles. The van der Waals surface area contributed by atoms with E-state index in [-0.39, 0.29) is 18.8 Å². The van der Waals surface area contributed by atoms with E-state index in [1.807, 2.05) is 0 Å². The van der Waals surface area contributed by atoms with Crippen molar-refractivity contribution in [1.82, 2.24) is 4.72 Å². The lowest BCUT2D eigenvalue weighted by molar-refractivity contribution is -0.138. The van der Waals surface area contributed by atoms with E-state index in [0.717, 1.165) is 0 Å². The van der Waals surface area contributed by atoms with Gasteiger partial charge in [-0.3, -0.25) is 4.79 Å². The number of carboxylic acids is 1. The summed E-state index contributed by atoms with van der Waals surface area (Å²) in [6, 6.07) is 3.91. The molecule has 0 bridgehead atoms. The van der Waals surface area contributed by atoms with Crippen LogP contribution in [0.3, 0.4) is 0 Å². The molecule has 0 unspecified atom stereocenters. The smallest absolute Gasteiger partial charge is 0.322 e. The molecule has 6 nitrogen and oxygen atoms in total. The Morgan fingerprint density at radius 2 is 2.00 bits per heavy atom. The topological polar surface area (TPSA) is 92.7 Å². The molecule has 0 saturated carbocycles. The van der Waals surface area contributed by atoms with E-state index >= 15 is 0 Å². The quantitative estimate of drug-likeness (QED) is 0.656. The summed E-state index contributed by atoms with van der Waals surface area (Å²) in [5.41, 5.74) is 0.524. The molecule has 2 N–H and O–H groups in total. The highest BCUT2D eigenvalue weighted by Crippen LogP contribution is 2.07. The molecule has 0 saturated heterocycles. The van der Waals surface area contributed by atoms with Crippen LogP contribution in [-0.4, -0.2) is 44.5 Å². The van der Waals surface area contributed by atoms with Crippen LogP contribution in [-0.2, 0) is 26.0 Å². The first-order chi connectivity index (χ1) is 9.84. The third-order valence-electron chi connectivity index (χ3n) is 2.67. The second-order valence-electron chi connectivity index (χ2n) is 4.36. The number of aliphatic carboxylic acids is 1. The Kier molecular flexibility index (Phi) is 6.73. The van der Waals surface area contributed by atoms with E-state index in [1.165, 1.54) is 24.3 Å². The van der Waals surface area contributed by atoms with Gasteiger partial charge in [0, 0.05) is 6.61 Å². The summed E-state index contributed by atoms with van der Waals surface area (Å²) in [6.45, 7) is 2.11. The number of rotatable bonds is 9. The fraction of sp³-hybridized carbons (Fsp3) is 0.462. The fourth-order valence-corrected chi connectivity index (χ4v) is 2.70. The first-order valence-corrected chi connectivity index (χ1v) is 8.04. The molecule has 0 fully saturated rings. The highest BCUT2D eigenvalue weighted by molar-refractivity contribution is 7.89. The zero-order valence-electron chi connectivity index (χ0n) is 11.6. The molecular weight excluding hydrogens is 301 g/mol. The normalized spacial score (nSPS) is 13.0. The maximum atomic E-state index is 12.8. The van der Waals surface area contributed by atoms with Crippen molar-refractivity contribution in [1.29, 1.82) is 0 Å². The standard InChI is InChI=1S/C13H18FNO5S/c1-2-20-7-8-21(18,19)15-12(13(16)17)9-10-3-5-11(14)6-4-10/h3-6,12,15H,2,7-9H2,1H3,(H,16,17)/t12-/m0/s1.